The Bertz CT molecular complexity index is 1040. The molecule has 0 radical (unpaired) electrons. The predicted molar refractivity (Wildman–Crippen MR) is 88.6 cm³/mol. The van der Waals surface area contributed by atoms with Crippen LogP contribution in [-0.4, -0.2) is 26.7 Å². The van der Waals surface area contributed by atoms with Crippen molar-refractivity contribution in [1.82, 2.24) is 4.57 Å². The van der Waals surface area contributed by atoms with Gasteiger partial charge in [0.2, 0.25) is 0 Å². The number of halogens is 3. The standard InChI is InChI=1S/C17H12F3NO4S/c1-7-9(5-13(23)24)14-10(2-3-11(22)15(14)18)21(7)17(25)8-4-12(16(19)20)26-6-8/h2-4,6,16,22H,5H2,1H3,(H,23,24). The van der Waals surface area contributed by atoms with Crippen LogP contribution in [0.15, 0.2) is 23.6 Å². The van der Waals surface area contributed by atoms with Crippen molar-refractivity contribution in [2.75, 3.05) is 0 Å². The fraction of sp³-hybridized carbons (Fsp3) is 0.176. The summed E-state index contributed by atoms with van der Waals surface area (Å²) in [5.74, 6) is -3.63. The molecule has 0 fully saturated rings. The molecule has 2 aromatic heterocycles. The number of thiophene rings is 1. The quantitative estimate of drug-likeness (QED) is 0.711. The van der Waals surface area contributed by atoms with Crippen LogP contribution in [0.2, 0.25) is 0 Å². The van der Waals surface area contributed by atoms with E-state index >= 15 is 0 Å². The van der Waals surface area contributed by atoms with E-state index in [1.54, 1.807) is 0 Å². The number of aromatic nitrogens is 1. The maximum atomic E-state index is 14.4. The number of alkyl halides is 2. The second-order valence-corrected chi connectivity index (χ2v) is 6.55. The number of rotatable bonds is 4. The van der Waals surface area contributed by atoms with Crippen molar-refractivity contribution in [2.45, 2.75) is 19.8 Å². The van der Waals surface area contributed by atoms with Crippen molar-refractivity contribution in [3.63, 3.8) is 0 Å². The topological polar surface area (TPSA) is 79.5 Å². The van der Waals surface area contributed by atoms with E-state index < -0.39 is 36.3 Å². The van der Waals surface area contributed by atoms with Gasteiger partial charge < -0.3 is 10.2 Å². The predicted octanol–water partition coefficient (Wildman–Crippen LogP) is 4.11. The zero-order valence-electron chi connectivity index (χ0n) is 13.3. The number of phenols is 1. The molecule has 2 heterocycles. The highest BCUT2D eigenvalue weighted by atomic mass is 32.1. The molecule has 26 heavy (non-hydrogen) atoms. The maximum Gasteiger partial charge on any atom is 0.307 e. The summed E-state index contributed by atoms with van der Waals surface area (Å²) in [7, 11) is 0. The number of hydrogen-bond donors (Lipinski definition) is 2. The third kappa shape index (κ3) is 2.84. The van der Waals surface area contributed by atoms with Crippen LogP contribution >= 0.6 is 11.3 Å². The normalized spacial score (nSPS) is 11.4. The minimum absolute atomic E-state index is 0.0133. The van der Waals surface area contributed by atoms with Crippen molar-refractivity contribution < 1.29 is 33.0 Å². The van der Waals surface area contributed by atoms with E-state index in [4.69, 9.17) is 5.11 Å². The smallest absolute Gasteiger partial charge is 0.307 e. The van der Waals surface area contributed by atoms with E-state index in [-0.39, 0.29) is 32.6 Å². The molecule has 0 atom stereocenters. The molecule has 0 spiro atoms. The number of phenolic OH excluding ortho intramolecular Hbond substituents is 1. The molecule has 136 valence electrons. The van der Waals surface area contributed by atoms with E-state index in [0.717, 1.165) is 28.0 Å². The van der Waals surface area contributed by atoms with Crippen LogP contribution in [-0.2, 0) is 11.2 Å². The summed E-state index contributed by atoms with van der Waals surface area (Å²) in [6.45, 7) is 1.44. The van der Waals surface area contributed by atoms with E-state index in [2.05, 4.69) is 0 Å². The summed E-state index contributed by atoms with van der Waals surface area (Å²) >= 11 is 0.723. The summed E-state index contributed by atoms with van der Waals surface area (Å²) in [6.07, 6.45) is -3.28. The van der Waals surface area contributed by atoms with Gasteiger partial charge in [0.05, 0.1) is 22.4 Å². The molecule has 0 bridgehead atoms. The Labute approximate surface area is 148 Å². The van der Waals surface area contributed by atoms with Gasteiger partial charge in [-0.25, -0.2) is 13.2 Å². The molecule has 0 saturated carbocycles. The number of hydrogen-bond acceptors (Lipinski definition) is 4. The molecule has 3 aromatic rings. The van der Waals surface area contributed by atoms with Gasteiger partial charge in [0.1, 0.15) is 0 Å². The average Bonchev–Trinajstić information content (AvgIpc) is 3.15. The highest BCUT2D eigenvalue weighted by Gasteiger charge is 2.25. The molecule has 2 N–H and O–H groups in total. The molecule has 0 amide bonds. The summed E-state index contributed by atoms with van der Waals surface area (Å²) in [4.78, 5) is 23.7. The number of carbonyl (C=O) groups excluding carboxylic acids is 1. The number of benzene rings is 1. The largest absolute Gasteiger partial charge is 0.505 e. The Hall–Kier alpha value is -2.81. The van der Waals surface area contributed by atoms with Gasteiger partial charge in [-0.3, -0.25) is 14.2 Å². The van der Waals surface area contributed by atoms with Gasteiger partial charge >= 0.3 is 5.97 Å². The molecule has 0 saturated heterocycles. The molecule has 0 aliphatic carbocycles. The van der Waals surface area contributed by atoms with E-state index in [9.17, 15) is 27.9 Å². The fourth-order valence-electron chi connectivity index (χ4n) is 2.86. The Morgan fingerprint density at radius 2 is 2.00 bits per heavy atom. The first-order valence-corrected chi connectivity index (χ1v) is 8.24. The zero-order valence-corrected chi connectivity index (χ0v) is 14.1. The Morgan fingerprint density at radius 3 is 2.58 bits per heavy atom. The third-order valence-corrected chi connectivity index (χ3v) is 4.97. The van der Waals surface area contributed by atoms with E-state index in [1.807, 2.05) is 0 Å². The first-order valence-electron chi connectivity index (χ1n) is 7.36. The molecule has 0 unspecified atom stereocenters. The average molecular weight is 383 g/mol. The number of fused-ring (bicyclic) bond motifs is 1. The van der Waals surface area contributed by atoms with Gasteiger partial charge in [-0.1, -0.05) is 0 Å². The van der Waals surface area contributed by atoms with Crippen LogP contribution in [0.1, 0.15) is 32.9 Å². The Balaban J connectivity index is 2.25. The molecule has 0 aliphatic rings. The van der Waals surface area contributed by atoms with E-state index in [1.165, 1.54) is 18.4 Å². The first kappa shape index (κ1) is 18.0. The third-order valence-electron chi connectivity index (χ3n) is 4.03. The van der Waals surface area contributed by atoms with Crippen LogP contribution < -0.4 is 0 Å². The van der Waals surface area contributed by atoms with Crippen molar-refractivity contribution >= 4 is 34.1 Å². The van der Waals surface area contributed by atoms with Gasteiger partial charge in [-0.05, 0) is 30.7 Å². The monoisotopic (exact) mass is 383 g/mol. The van der Waals surface area contributed by atoms with Gasteiger partial charge in [-0.15, -0.1) is 11.3 Å². The highest BCUT2D eigenvalue weighted by Crippen LogP contribution is 2.34. The van der Waals surface area contributed by atoms with Gasteiger partial charge in [0.25, 0.3) is 12.3 Å². The number of carbonyl (C=O) groups is 2. The summed E-state index contributed by atoms with van der Waals surface area (Å²) in [5, 5.41) is 19.8. The summed E-state index contributed by atoms with van der Waals surface area (Å²) < 4.78 is 41.0. The van der Waals surface area contributed by atoms with Gasteiger partial charge in [0, 0.05) is 16.5 Å². The van der Waals surface area contributed by atoms with Crippen molar-refractivity contribution in [3.8, 4) is 5.75 Å². The molecular formula is C17H12F3NO4S. The van der Waals surface area contributed by atoms with Crippen LogP contribution in [0.4, 0.5) is 13.2 Å². The van der Waals surface area contributed by atoms with Crippen molar-refractivity contribution in [2.24, 2.45) is 0 Å². The minimum Gasteiger partial charge on any atom is -0.505 e. The molecular weight excluding hydrogens is 371 g/mol. The first-order chi connectivity index (χ1) is 12.2. The van der Waals surface area contributed by atoms with Gasteiger partial charge in [0.15, 0.2) is 11.6 Å². The van der Waals surface area contributed by atoms with Crippen LogP contribution in [0.3, 0.4) is 0 Å². The van der Waals surface area contributed by atoms with Crippen molar-refractivity contribution in [1.29, 1.82) is 0 Å². The lowest BCUT2D eigenvalue weighted by Crippen LogP contribution is -2.13. The highest BCUT2D eigenvalue weighted by molar-refractivity contribution is 7.10. The molecule has 5 nitrogen and oxygen atoms in total. The number of aliphatic carboxylic acids is 1. The molecule has 0 aliphatic heterocycles. The second-order valence-electron chi connectivity index (χ2n) is 5.61. The fourth-order valence-corrected chi connectivity index (χ4v) is 3.59. The lowest BCUT2D eigenvalue weighted by atomic mass is 10.1. The lowest BCUT2D eigenvalue weighted by Gasteiger charge is -2.06. The summed E-state index contributed by atoms with van der Waals surface area (Å²) in [5.41, 5.74) is 0.254. The Kier molecular flexibility index (Phi) is 4.49. The Morgan fingerprint density at radius 1 is 1.31 bits per heavy atom. The number of carboxylic acids is 1. The number of nitrogens with zero attached hydrogens (tertiary/aromatic N) is 1. The lowest BCUT2D eigenvalue weighted by molar-refractivity contribution is -0.136. The van der Waals surface area contributed by atoms with Crippen LogP contribution in [0.25, 0.3) is 10.9 Å². The summed E-state index contributed by atoms with van der Waals surface area (Å²) in [6, 6.07) is 3.38. The second kappa shape index (κ2) is 6.49. The number of carboxylic acid groups (broad SMARTS) is 1. The molecule has 1 aromatic carbocycles. The maximum absolute atomic E-state index is 14.4. The molecule has 3 rings (SSSR count). The molecule has 9 heteroatoms. The zero-order chi connectivity index (χ0) is 19.2. The SMILES string of the molecule is Cc1c(CC(=O)O)c2c(F)c(O)ccc2n1C(=O)c1csc(C(F)F)c1. The van der Waals surface area contributed by atoms with Crippen LogP contribution in [0.5, 0.6) is 5.75 Å². The van der Waals surface area contributed by atoms with Crippen LogP contribution in [0, 0.1) is 12.7 Å². The van der Waals surface area contributed by atoms with E-state index in [0.29, 0.717) is 0 Å². The van der Waals surface area contributed by atoms with Crippen molar-refractivity contribution in [3.05, 3.63) is 51.1 Å². The number of aromatic hydroxyl groups is 1. The van der Waals surface area contributed by atoms with Gasteiger partial charge in [-0.2, -0.15) is 0 Å². The minimum atomic E-state index is -2.72.